The first kappa shape index (κ1) is 6.09. The lowest BCUT2D eigenvalue weighted by molar-refractivity contribution is 0.158. The van der Waals surface area contributed by atoms with Crippen molar-refractivity contribution in [3.8, 4) is 0 Å². The first-order chi connectivity index (χ1) is 3.83. The van der Waals surface area contributed by atoms with Crippen molar-refractivity contribution in [2.24, 2.45) is 11.8 Å². The molecule has 1 rings (SSSR count). The van der Waals surface area contributed by atoms with Gasteiger partial charge in [0.1, 0.15) is 0 Å². The summed E-state index contributed by atoms with van der Waals surface area (Å²) < 4.78 is 0. The van der Waals surface area contributed by atoms with Gasteiger partial charge in [0.2, 0.25) is 0 Å². The second-order valence-electron chi connectivity index (χ2n) is 2.95. The smallest absolute Gasteiger partial charge is 0.0433 e. The van der Waals surface area contributed by atoms with Crippen molar-refractivity contribution in [2.75, 3.05) is 6.61 Å². The molecule has 8 heavy (non-hydrogen) atoms. The molecule has 0 amide bonds. The minimum Gasteiger partial charge on any atom is -0.396 e. The highest BCUT2D eigenvalue weighted by molar-refractivity contribution is 4.75. The van der Waals surface area contributed by atoms with E-state index in [1.807, 2.05) is 0 Å². The fraction of sp³-hybridized carbons (Fsp3) is 1.00. The van der Waals surface area contributed by atoms with Crippen LogP contribution in [0.25, 0.3) is 0 Å². The number of hydrogen-bond donors (Lipinski definition) is 1. The molecule has 1 nitrogen and oxygen atoms in total. The Hall–Kier alpha value is -0.0400. The number of aliphatic hydroxyl groups is 1. The van der Waals surface area contributed by atoms with E-state index in [0.717, 1.165) is 18.3 Å². The van der Waals surface area contributed by atoms with Gasteiger partial charge in [0.25, 0.3) is 0 Å². The first-order valence-electron chi connectivity index (χ1n) is 3.43. The van der Waals surface area contributed by atoms with Crippen molar-refractivity contribution in [3.63, 3.8) is 0 Å². The second-order valence-corrected chi connectivity index (χ2v) is 2.95. The normalized spacial score (nSPS) is 36.8. The predicted octanol–water partition coefficient (Wildman–Crippen LogP) is 1.41. The molecule has 0 aromatic rings. The standard InChI is InChI=1S/C7H14O/c1-6-4-7(5-6)2-3-8/h6-8H,2-5H2,1H3. The van der Waals surface area contributed by atoms with Crippen LogP contribution in [0.3, 0.4) is 0 Å². The maximum atomic E-state index is 8.49. The monoisotopic (exact) mass is 114 g/mol. The third-order valence-electron chi connectivity index (χ3n) is 2.01. The van der Waals surface area contributed by atoms with E-state index in [4.69, 9.17) is 5.11 Å². The summed E-state index contributed by atoms with van der Waals surface area (Å²) in [7, 11) is 0. The molecule has 1 fully saturated rings. The second kappa shape index (κ2) is 2.49. The van der Waals surface area contributed by atoms with E-state index in [1.54, 1.807) is 0 Å². The lowest BCUT2D eigenvalue weighted by Crippen LogP contribution is -2.21. The Morgan fingerprint density at radius 2 is 2.12 bits per heavy atom. The van der Waals surface area contributed by atoms with Gasteiger partial charge in [-0.05, 0) is 31.1 Å². The molecule has 1 N–H and O–H groups in total. The molecule has 1 aliphatic carbocycles. The highest BCUT2D eigenvalue weighted by atomic mass is 16.3. The molecule has 48 valence electrons. The predicted molar refractivity (Wildman–Crippen MR) is 33.6 cm³/mol. The van der Waals surface area contributed by atoms with Gasteiger partial charge in [0, 0.05) is 6.61 Å². The molecule has 0 aromatic heterocycles. The van der Waals surface area contributed by atoms with Crippen LogP contribution in [0.5, 0.6) is 0 Å². The summed E-state index contributed by atoms with van der Waals surface area (Å²) in [6.07, 6.45) is 3.73. The molecule has 0 heterocycles. The summed E-state index contributed by atoms with van der Waals surface area (Å²) in [5.41, 5.74) is 0. The van der Waals surface area contributed by atoms with Crippen LogP contribution in [-0.4, -0.2) is 11.7 Å². The Bertz CT molecular complexity index is 62.0. The van der Waals surface area contributed by atoms with E-state index in [0.29, 0.717) is 6.61 Å². The van der Waals surface area contributed by atoms with Gasteiger partial charge in [-0.1, -0.05) is 6.92 Å². The Morgan fingerprint density at radius 3 is 2.50 bits per heavy atom. The van der Waals surface area contributed by atoms with Crippen LogP contribution in [0.1, 0.15) is 26.2 Å². The van der Waals surface area contributed by atoms with Gasteiger partial charge < -0.3 is 5.11 Å². The zero-order chi connectivity index (χ0) is 5.98. The van der Waals surface area contributed by atoms with Gasteiger partial charge in [-0.15, -0.1) is 0 Å². The summed E-state index contributed by atoms with van der Waals surface area (Å²) >= 11 is 0. The number of hydrogen-bond acceptors (Lipinski definition) is 1. The van der Waals surface area contributed by atoms with Crippen LogP contribution >= 0.6 is 0 Å². The van der Waals surface area contributed by atoms with E-state index in [1.165, 1.54) is 12.8 Å². The summed E-state index contributed by atoms with van der Waals surface area (Å²) in [4.78, 5) is 0. The van der Waals surface area contributed by atoms with Crippen molar-refractivity contribution >= 4 is 0 Å². The van der Waals surface area contributed by atoms with Gasteiger partial charge in [-0.3, -0.25) is 0 Å². The molecule has 0 atom stereocenters. The summed E-state index contributed by atoms with van der Waals surface area (Å²) in [6, 6.07) is 0. The minimum absolute atomic E-state index is 0.386. The number of rotatable bonds is 2. The van der Waals surface area contributed by atoms with Crippen LogP contribution < -0.4 is 0 Å². The molecule has 0 spiro atoms. The Kier molecular flexibility index (Phi) is 1.90. The van der Waals surface area contributed by atoms with E-state index < -0.39 is 0 Å². The van der Waals surface area contributed by atoms with Gasteiger partial charge in [-0.2, -0.15) is 0 Å². The van der Waals surface area contributed by atoms with Crippen LogP contribution in [0.15, 0.2) is 0 Å². The molecule has 0 saturated heterocycles. The van der Waals surface area contributed by atoms with E-state index in [9.17, 15) is 0 Å². The van der Waals surface area contributed by atoms with E-state index in [-0.39, 0.29) is 0 Å². The molecule has 0 radical (unpaired) electrons. The van der Waals surface area contributed by atoms with Crippen LogP contribution in [0.4, 0.5) is 0 Å². The lowest BCUT2D eigenvalue weighted by atomic mass is 9.75. The van der Waals surface area contributed by atoms with Crippen molar-refractivity contribution in [2.45, 2.75) is 26.2 Å². The third kappa shape index (κ3) is 1.22. The zero-order valence-corrected chi connectivity index (χ0v) is 5.43. The summed E-state index contributed by atoms with van der Waals surface area (Å²) in [6.45, 7) is 2.66. The molecule has 1 heteroatoms. The Balaban J connectivity index is 1.98. The summed E-state index contributed by atoms with van der Waals surface area (Å²) in [5.74, 6) is 1.79. The van der Waals surface area contributed by atoms with Crippen LogP contribution in [0.2, 0.25) is 0 Å². The molecular weight excluding hydrogens is 100 g/mol. The van der Waals surface area contributed by atoms with Crippen molar-refractivity contribution in [1.29, 1.82) is 0 Å². The van der Waals surface area contributed by atoms with Gasteiger partial charge in [0.15, 0.2) is 0 Å². The average molecular weight is 114 g/mol. The highest BCUT2D eigenvalue weighted by Gasteiger charge is 2.23. The molecule has 0 unspecified atom stereocenters. The fourth-order valence-corrected chi connectivity index (χ4v) is 1.49. The summed E-state index contributed by atoms with van der Waals surface area (Å²) in [5, 5.41) is 8.49. The Morgan fingerprint density at radius 1 is 1.50 bits per heavy atom. The molecular formula is C7H14O. The first-order valence-corrected chi connectivity index (χ1v) is 3.43. The highest BCUT2D eigenvalue weighted by Crippen LogP contribution is 2.34. The maximum Gasteiger partial charge on any atom is 0.0433 e. The molecule has 1 saturated carbocycles. The Labute approximate surface area is 50.7 Å². The third-order valence-corrected chi connectivity index (χ3v) is 2.01. The average Bonchev–Trinajstić information content (AvgIpc) is 1.64. The van der Waals surface area contributed by atoms with Gasteiger partial charge >= 0.3 is 0 Å². The van der Waals surface area contributed by atoms with E-state index in [2.05, 4.69) is 6.92 Å². The molecule has 0 bridgehead atoms. The zero-order valence-electron chi connectivity index (χ0n) is 5.43. The SMILES string of the molecule is CC1CC(CCO)C1. The van der Waals surface area contributed by atoms with Crippen LogP contribution in [-0.2, 0) is 0 Å². The largest absolute Gasteiger partial charge is 0.396 e. The fourth-order valence-electron chi connectivity index (χ4n) is 1.49. The maximum absolute atomic E-state index is 8.49. The van der Waals surface area contributed by atoms with Crippen molar-refractivity contribution < 1.29 is 5.11 Å². The van der Waals surface area contributed by atoms with Gasteiger partial charge in [-0.25, -0.2) is 0 Å². The van der Waals surface area contributed by atoms with E-state index >= 15 is 0 Å². The van der Waals surface area contributed by atoms with Crippen LogP contribution in [0, 0.1) is 11.8 Å². The van der Waals surface area contributed by atoms with Crippen molar-refractivity contribution in [1.82, 2.24) is 0 Å². The molecule has 1 aliphatic rings. The molecule has 0 aromatic carbocycles. The quantitative estimate of drug-likeness (QED) is 0.575. The number of aliphatic hydroxyl groups excluding tert-OH is 1. The molecule has 0 aliphatic heterocycles. The van der Waals surface area contributed by atoms with Crippen molar-refractivity contribution in [3.05, 3.63) is 0 Å². The topological polar surface area (TPSA) is 20.2 Å². The minimum atomic E-state index is 0.386. The lowest BCUT2D eigenvalue weighted by Gasteiger charge is -2.31. The van der Waals surface area contributed by atoms with Gasteiger partial charge in [0.05, 0.1) is 0 Å².